The molecule has 1 amide bonds. The summed E-state index contributed by atoms with van der Waals surface area (Å²) in [6.07, 6.45) is 1.95. The fourth-order valence-corrected chi connectivity index (χ4v) is 1.83. The van der Waals surface area contributed by atoms with Crippen molar-refractivity contribution in [3.63, 3.8) is 0 Å². The Morgan fingerprint density at radius 3 is 2.77 bits per heavy atom. The number of amides is 1. The van der Waals surface area contributed by atoms with Crippen molar-refractivity contribution >= 4 is 11.9 Å². The second kappa shape index (κ2) is 7.40. The summed E-state index contributed by atoms with van der Waals surface area (Å²) < 4.78 is 6.87. The van der Waals surface area contributed by atoms with Crippen LogP contribution in [0.3, 0.4) is 0 Å². The normalized spacial score (nSPS) is 11.7. The minimum Gasteiger partial charge on any atom is -0.494 e. The Hall–Kier alpha value is -2.63. The molecule has 0 saturated heterocycles. The van der Waals surface area contributed by atoms with E-state index in [1.54, 1.807) is 7.05 Å². The highest BCUT2D eigenvalue weighted by Gasteiger charge is 2.15. The summed E-state index contributed by atoms with van der Waals surface area (Å²) in [5, 5.41) is 2.66. The lowest BCUT2D eigenvalue weighted by Crippen LogP contribution is -2.27. The van der Waals surface area contributed by atoms with E-state index in [-0.39, 0.29) is 23.3 Å². The van der Waals surface area contributed by atoms with E-state index in [9.17, 15) is 9.59 Å². The Morgan fingerprint density at radius 2 is 2.05 bits per heavy atom. The molecule has 1 aromatic carbocycles. The zero-order chi connectivity index (χ0) is 15.9. The molecular formula is C16H19N3O3. The molecule has 0 aliphatic heterocycles. The monoisotopic (exact) mass is 301 g/mol. The van der Waals surface area contributed by atoms with Crippen molar-refractivity contribution in [2.24, 2.45) is 13.0 Å². The van der Waals surface area contributed by atoms with Crippen molar-refractivity contribution < 1.29 is 9.53 Å². The molecule has 1 N–H and O–H groups in total. The molecule has 2 aromatic rings. The number of nitrogens with zero attached hydrogens (tertiary/aromatic N) is 2. The van der Waals surface area contributed by atoms with Crippen molar-refractivity contribution in [3.8, 4) is 5.75 Å². The highest BCUT2D eigenvalue weighted by molar-refractivity contribution is 5.90. The standard InChI is InChI=1S/C16H19N3O3/c1-12(9-11-22-13-6-4-3-5-7-13)15(21)18-16-17-10-8-14(20)19(16)2/h3-8,10,12H,9,11H2,1-2H3,(H,17,18,21). The Labute approximate surface area is 128 Å². The number of rotatable bonds is 6. The van der Waals surface area contributed by atoms with Crippen LogP contribution in [0.2, 0.25) is 0 Å². The molecule has 0 fully saturated rings. The fraction of sp³-hybridized carbons (Fsp3) is 0.312. The molecule has 6 heteroatoms. The minimum atomic E-state index is -0.249. The first-order valence-electron chi connectivity index (χ1n) is 7.08. The third-order valence-corrected chi connectivity index (χ3v) is 3.31. The Bertz CT molecular complexity index is 683. The molecular weight excluding hydrogens is 282 g/mol. The van der Waals surface area contributed by atoms with Crippen molar-refractivity contribution in [3.05, 3.63) is 52.9 Å². The van der Waals surface area contributed by atoms with Gasteiger partial charge in [-0.1, -0.05) is 25.1 Å². The van der Waals surface area contributed by atoms with Crippen LogP contribution in [-0.2, 0) is 11.8 Å². The highest BCUT2D eigenvalue weighted by Crippen LogP contribution is 2.11. The van der Waals surface area contributed by atoms with Gasteiger partial charge in [0.2, 0.25) is 11.9 Å². The molecule has 0 radical (unpaired) electrons. The molecule has 22 heavy (non-hydrogen) atoms. The number of ether oxygens (including phenoxy) is 1. The van der Waals surface area contributed by atoms with E-state index in [0.29, 0.717) is 13.0 Å². The van der Waals surface area contributed by atoms with Gasteiger partial charge in [-0.05, 0) is 18.6 Å². The first-order valence-corrected chi connectivity index (χ1v) is 7.08. The number of hydrogen-bond acceptors (Lipinski definition) is 4. The lowest BCUT2D eigenvalue weighted by atomic mass is 10.1. The number of anilines is 1. The first-order chi connectivity index (χ1) is 10.6. The van der Waals surface area contributed by atoms with Gasteiger partial charge < -0.3 is 4.74 Å². The minimum absolute atomic E-state index is 0.189. The maximum atomic E-state index is 12.1. The van der Waals surface area contributed by atoms with Gasteiger partial charge in [0, 0.05) is 25.2 Å². The molecule has 1 heterocycles. The summed E-state index contributed by atoms with van der Waals surface area (Å²) in [6, 6.07) is 10.8. The lowest BCUT2D eigenvalue weighted by molar-refractivity contribution is -0.119. The van der Waals surface area contributed by atoms with Gasteiger partial charge in [-0.15, -0.1) is 0 Å². The fourth-order valence-electron chi connectivity index (χ4n) is 1.83. The van der Waals surface area contributed by atoms with Crippen molar-refractivity contribution in [1.82, 2.24) is 9.55 Å². The van der Waals surface area contributed by atoms with Gasteiger partial charge in [-0.25, -0.2) is 4.98 Å². The molecule has 0 saturated carbocycles. The van der Waals surface area contributed by atoms with Crippen LogP contribution < -0.4 is 15.6 Å². The second-order valence-corrected chi connectivity index (χ2v) is 5.01. The number of nitrogens with one attached hydrogen (secondary N) is 1. The molecule has 116 valence electrons. The summed E-state index contributed by atoms with van der Waals surface area (Å²) in [4.78, 5) is 27.6. The number of benzene rings is 1. The quantitative estimate of drug-likeness (QED) is 0.883. The number of carbonyl (C=O) groups is 1. The largest absolute Gasteiger partial charge is 0.494 e. The van der Waals surface area contributed by atoms with Gasteiger partial charge in [0.05, 0.1) is 6.61 Å². The third kappa shape index (κ3) is 4.18. The lowest BCUT2D eigenvalue weighted by Gasteiger charge is -2.13. The van der Waals surface area contributed by atoms with Crippen LogP contribution in [0.5, 0.6) is 5.75 Å². The van der Waals surface area contributed by atoms with Gasteiger partial charge in [0.1, 0.15) is 5.75 Å². The van der Waals surface area contributed by atoms with E-state index >= 15 is 0 Å². The molecule has 0 aliphatic rings. The zero-order valence-electron chi connectivity index (χ0n) is 12.7. The van der Waals surface area contributed by atoms with Crippen LogP contribution in [0.25, 0.3) is 0 Å². The topological polar surface area (TPSA) is 73.2 Å². The Morgan fingerprint density at radius 1 is 1.32 bits per heavy atom. The molecule has 1 unspecified atom stereocenters. The molecule has 2 rings (SSSR count). The number of carbonyl (C=O) groups excluding carboxylic acids is 1. The van der Waals surface area contributed by atoms with Crippen LogP contribution in [-0.4, -0.2) is 22.1 Å². The average Bonchev–Trinajstić information content (AvgIpc) is 2.52. The van der Waals surface area contributed by atoms with E-state index in [0.717, 1.165) is 5.75 Å². The summed E-state index contributed by atoms with van der Waals surface area (Å²) >= 11 is 0. The van der Waals surface area contributed by atoms with Gasteiger partial charge in [0.25, 0.3) is 5.56 Å². The van der Waals surface area contributed by atoms with Crippen LogP contribution >= 0.6 is 0 Å². The van der Waals surface area contributed by atoms with E-state index in [4.69, 9.17) is 4.74 Å². The average molecular weight is 301 g/mol. The van der Waals surface area contributed by atoms with E-state index in [1.807, 2.05) is 37.3 Å². The summed E-state index contributed by atoms with van der Waals surface area (Å²) in [6.45, 7) is 2.25. The first kappa shape index (κ1) is 15.8. The van der Waals surface area contributed by atoms with Crippen LogP contribution in [0.4, 0.5) is 5.95 Å². The predicted molar refractivity (Wildman–Crippen MR) is 83.8 cm³/mol. The maximum Gasteiger partial charge on any atom is 0.254 e. The van der Waals surface area contributed by atoms with Gasteiger partial charge in [-0.2, -0.15) is 0 Å². The van der Waals surface area contributed by atoms with E-state index in [1.165, 1.54) is 16.8 Å². The number of aromatic nitrogens is 2. The number of para-hydroxylation sites is 1. The maximum absolute atomic E-state index is 12.1. The number of hydrogen-bond donors (Lipinski definition) is 1. The smallest absolute Gasteiger partial charge is 0.254 e. The molecule has 6 nitrogen and oxygen atoms in total. The van der Waals surface area contributed by atoms with Crippen molar-refractivity contribution in [1.29, 1.82) is 0 Å². The Balaban J connectivity index is 1.84. The highest BCUT2D eigenvalue weighted by atomic mass is 16.5. The van der Waals surface area contributed by atoms with Gasteiger partial charge >= 0.3 is 0 Å². The second-order valence-electron chi connectivity index (χ2n) is 5.01. The Kier molecular flexibility index (Phi) is 5.30. The van der Waals surface area contributed by atoms with Crippen molar-refractivity contribution in [2.45, 2.75) is 13.3 Å². The van der Waals surface area contributed by atoms with Crippen LogP contribution in [0, 0.1) is 5.92 Å². The zero-order valence-corrected chi connectivity index (χ0v) is 12.7. The predicted octanol–water partition coefficient (Wildman–Crippen LogP) is 1.82. The van der Waals surface area contributed by atoms with Crippen LogP contribution in [0.15, 0.2) is 47.4 Å². The summed E-state index contributed by atoms with van der Waals surface area (Å²) in [5.41, 5.74) is -0.217. The SMILES string of the molecule is CC(CCOc1ccccc1)C(=O)Nc1nccc(=O)n1C. The van der Waals surface area contributed by atoms with Gasteiger partial charge in [0.15, 0.2) is 0 Å². The van der Waals surface area contributed by atoms with Crippen molar-refractivity contribution in [2.75, 3.05) is 11.9 Å². The van der Waals surface area contributed by atoms with E-state index < -0.39 is 0 Å². The molecule has 1 atom stereocenters. The molecule has 1 aromatic heterocycles. The molecule has 0 spiro atoms. The summed E-state index contributed by atoms with van der Waals surface area (Å²) in [5.74, 6) is 0.585. The van der Waals surface area contributed by atoms with Gasteiger partial charge in [-0.3, -0.25) is 19.5 Å². The molecule has 0 bridgehead atoms. The third-order valence-electron chi connectivity index (χ3n) is 3.31. The summed E-state index contributed by atoms with van der Waals surface area (Å²) in [7, 11) is 1.56. The molecule has 0 aliphatic carbocycles. The van der Waals surface area contributed by atoms with E-state index in [2.05, 4.69) is 10.3 Å². The van der Waals surface area contributed by atoms with Crippen LogP contribution in [0.1, 0.15) is 13.3 Å².